The molecule has 1 aromatic heterocycles. The third kappa shape index (κ3) is 4.98. The van der Waals surface area contributed by atoms with E-state index in [0.717, 1.165) is 28.3 Å². The maximum atomic E-state index is 5.87. The first-order chi connectivity index (χ1) is 13.2. The predicted octanol–water partition coefficient (Wildman–Crippen LogP) is 5.57. The molecule has 0 N–H and O–H groups in total. The van der Waals surface area contributed by atoms with Crippen LogP contribution in [0.3, 0.4) is 0 Å². The zero-order valence-electron chi connectivity index (χ0n) is 16.0. The van der Waals surface area contributed by atoms with Gasteiger partial charge in [-0.25, -0.2) is 4.98 Å². The van der Waals surface area contributed by atoms with Crippen LogP contribution in [0, 0.1) is 13.8 Å². The van der Waals surface area contributed by atoms with Crippen molar-refractivity contribution in [3.63, 3.8) is 0 Å². The summed E-state index contributed by atoms with van der Waals surface area (Å²) in [5, 5.41) is 0. The molecule has 0 saturated heterocycles. The van der Waals surface area contributed by atoms with Gasteiger partial charge in [-0.15, -0.1) is 0 Å². The van der Waals surface area contributed by atoms with Gasteiger partial charge in [-0.3, -0.25) is 0 Å². The Morgan fingerprint density at radius 2 is 1.81 bits per heavy atom. The van der Waals surface area contributed by atoms with Gasteiger partial charge in [0.05, 0.1) is 18.4 Å². The Morgan fingerprint density at radius 3 is 2.48 bits per heavy atom. The van der Waals surface area contributed by atoms with Crippen LogP contribution in [0.4, 0.5) is 0 Å². The average molecular weight is 364 g/mol. The summed E-state index contributed by atoms with van der Waals surface area (Å²) >= 11 is 0. The predicted molar refractivity (Wildman–Crippen MR) is 107 cm³/mol. The fraction of sp³-hybridized carbons (Fsp3) is 0.304. The van der Waals surface area contributed by atoms with E-state index in [4.69, 9.17) is 13.9 Å². The number of benzene rings is 2. The molecule has 1 radical (unpaired) electrons. The van der Waals surface area contributed by atoms with Crippen LogP contribution in [0.5, 0.6) is 5.75 Å². The van der Waals surface area contributed by atoms with Crippen molar-refractivity contribution in [2.45, 2.75) is 32.8 Å². The summed E-state index contributed by atoms with van der Waals surface area (Å²) in [5.41, 5.74) is 3.04. The number of nitrogens with zero attached hydrogens (tertiary/aromatic N) is 1. The minimum Gasteiger partial charge on any atom is -0.493 e. The zero-order chi connectivity index (χ0) is 19.1. The molecule has 0 spiro atoms. The third-order valence-corrected chi connectivity index (χ3v) is 4.40. The quantitative estimate of drug-likeness (QED) is 0.498. The highest BCUT2D eigenvalue weighted by atomic mass is 16.5. The van der Waals surface area contributed by atoms with Crippen LogP contribution < -0.4 is 4.74 Å². The van der Waals surface area contributed by atoms with Crippen molar-refractivity contribution in [2.75, 3.05) is 13.2 Å². The van der Waals surface area contributed by atoms with Gasteiger partial charge in [0.25, 0.3) is 0 Å². The fourth-order valence-corrected chi connectivity index (χ4v) is 2.96. The van der Waals surface area contributed by atoms with Crippen LogP contribution in [0.1, 0.15) is 36.5 Å². The van der Waals surface area contributed by atoms with Crippen molar-refractivity contribution in [3.8, 4) is 17.2 Å². The second-order valence-corrected chi connectivity index (χ2v) is 6.29. The minimum atomic E-state index is 0.0400. The van der Waals surface area contributed by atoms with Gasteiger partial charge in [0, 0.05) is 18.6 Å². The minimum absolute atomic E-state index is 0.0400. The van der Waals surface area contributed by atoms with E-state index in [2.05, 4.69) is 11.9 Å². The lowest BCUT2D eigenvalue weighted by molar-refractivity contribution is 0.0642. The maximum Gasteiger partial charge on any atom is 0.226 e. The molecule has 0 bridgehead atoms. The first-order valence-corrected chi connectivity index (χ1v) is 9.36. The molecule has 4 nitrogen and oxygen atoms in total. The van der Waals surface area contributed by atoms with E-state index in [9.17, 15) is 0 Å². The number of hydrogen-bond acceptors (Lipinski definition) is 4. The van der Waals surface area contributed by atoms with E-state index in [-0.39, 0.29) is 6.10 Å². The lowest BCUT2D eigenvalue weighted by Gasteiger charge is -2.15. The van der Waals surface area contributed by atoms with Crippen molar-refractivity contribution < 1.29 is 13.9 Å². The number of aryl methyl sites for hydroxylation is 1. The summed E-state index contributed by atoms with van der Waals surface area (Å²) in [6.45, 7) is 9.11. The second-order valence-electron chi connectivity index (χ2n) is 6.29. The van der Waals surface area contributed by atoms with Gasteiger partial charge < -0.3 is 13.9 Å². The van der Waals surface area contributed by atoms with E-state index in [1.54, 1.807) is 0 Å². The molecule has 3 aromatic rings. The molecule has 27 heavy (non-hydrogen) atoms. The number of ether oxygens (including phenoxy) is 2. The highest BCUT2D eigenvalue weighted by Gasteiger charge is 2.12. The van der Waals surface area contributed by atoms with E-state index in [1.807, 2.05) is 68.4 Å². The Hall–Kier alpha value is -2.59. The van der Waals surface area contributed by atoms with Gasteiger partial charge in [0.15, 0.2) is 0 Å². The molecule has 1 atom stereocenters. The lowest BCUT2D eigenvalue weighted by Crippen LogP contribution is -2.04. The molecule has 0 aliphatic heterocycles. The summed E-state index contributed by atoms with van der Waals surface area (Å²) in [4.78, 5) is 4.61. The van der Waals surface area contributed by atoms with Crippen molar-refractivity contribution in [2.24, 2.45) is 0 Å². The van der Waals surface area contributed by atoms with Gasteiger partial charge in [-0.1, -0.05) is 37.3 Å². The summed E-state index contributed by atoms with van der Waals surface area (Å²) in [6, 6.07) is 17.9. The van der Waals surface area contributed by atoms with E-state index in [1.165, 1.54) is 0 Å². The summed E-state index contributed by atoms with van der Waals surface area (Å²) < 4.78 is 17.4. The van der Waals surface area contributed by atoms with Gasteiger partial charge >= 0.3 is 0 Å². The molecule has 3 rings (SSSR count). The Kier molecular flexibility index (Phi) is 6.66. The highest BCUT2D eigenvalue weighted by molar-refractivity contribution is 5.53. The molecule has 0 aliphatic rings. The molecule has 0 saturated carbocycles. The highest BCUT2D eigenvalue weighted by Crippen LogP contribution is 2.24. The van der Waals surface area contributed by atoms with Gasteiger partial charge in [-0.2, -0.15) is 0 Å². The molecule has 0 fully saturated rings. The van der Waals surface area contributed by atoms with Crippen molar-refractivity contribution in [3.05, 3.63) is 78.5 Å². The number of aromatic nitrogens is 1. The van der Waals surface area contributed by atoms with Crippen LogP contribution in [0.2, 0.25) is 0 Å². The normalized spacial score (nSPS) is 12.1. The van der Waals surface area contributed by atoms with E-state index in [0.29, 0.717) is 31.9 Å². The Balaban J connectivity index is 1.56. The second kappa shape index (κ2) is 9.38. The molecule has 1 heterocycles. The number of hydrogen-bond donors (Lipinski definition) is 0. The molecular formula is C23H26NO3. The van der Waals surface area contributed by atoms with Crippen LogP contribution in [-0.4, -0.2) is 18.2 Å². The SMILES string of the molecule is [CH2]CC(OCC)c1ccc(OCCc2nc(-c3ccccc3)oc2C)cc1. The molecule has 2 aromatic carbocycles. The number of oxazole rings is 1. The molecule has 141 valence electrons. The third-order valence-electron chi connectivity index (χ3n) is 4.40. The lowest BCUT2D eigenvalue weighted by atomic mass is 10.1. The molecular weight excluding hydrogens is 338 g/mol. The molecule has 1 unspecified atom stereocenters. The molecule has 4 heteroatoms. The van der Waals surface area contributed by atoms with E-state index < -0.39 is 0 Å². The first kappa shape index (κ1) is 19.2. The topological polar surface area (TPSA) is 44.5 Å². The Bertz CT molecular complexity index is 825. The van der Waals surface area contributed by atoms with Crippen LogP contribution in [0.25, 0.3) is 11.5 Å². The number of rotatable bonds is 9. The summed E-state index contributed by atoms with van der Waals surface area (Å²) in [6.07, 6.45) is 1.45. The Labute approximate surface area is 161 Å². The van der Waals surface area contributed by atoms with Gasteiger partial charge in [-0.05, 0) is 50.1 Å². The Morgan fingerprint density at radius 1 is 1.07 bits per heavy atom. The van der Waals surface area contributed by atoms with Crippen LogP contribution in [0.15, 0.2) is 59.0 Å². The standard InChI is InChI=1S/C23H26NO3/c1-4-22(25-5-2)18-11-13-20(14-12-18)26-16-15-21-17(3)27-23(24-21)19-9-7-6-8-10-19/h6-14,22H,1,4-5,15-16H2,2-3H3. The van der Waals surface area contributed by atoms with Crippen LogP contribution in [-0.2, 0) is 11.2 Å². The van der Waals surface area contributed by atoms with Gasteiger partial charge in [0.1, 0.15) is 11.5 Å². The van der Waals surface area contributed by atoms with Gasteiger partial charge in [0.2, 0.25) is 5.89 Å². The fourth-order valence-electron chi connectivity index (χ4n) is 2.96. The first-order valence-electron chi connectivity index (χ1n) is 9.36. The maximum absolute atomic E-state index is 5.87. The smallest absolute Gasteiger partial charge is 0.226 e. The molecule has 0 aliphatic carbocycles. The average Bonchev–Trinajstić information content (AvgIpc) is 3.08. The van der Waals surface area contributed by atoms with Crippen molar-refractivity contribution in [1.29, 1.82) is 0 Å². The largest absolute Gasteiger partial charge is 0.493 e. The summed E-state index contributed by atoms with van der Waals surface area (Å²) in [7, 11) is 0. The molecule has 0 amide bonds. The van der Waals surface area contributed by atoms with Crippen LogP contribution >= 0.6 is 0 Å². The van der Waals surface area contributed by atoms with Crippen molar-refractivity contribution in [1.82, 2.24) is 4.98 Å². The monoisotopic (exact) mass is 364 g/mol. The van der Waals surface area contributed by atoms with E-state index >= 15 is 0 Å². The van der Waals surface area contributed by atoms with Crippen molar-refractivity contribution >= 4 is 0 Å². The zero-order valence-corrected chi connectivity index (χ0v) is 16.0. The summed E-state index contributed by atoms with van der Waals surface area (Å²) in [5.74, 6) is 2.33.